The van der Waals surface area contributed by atoms with Crippen molar-refractivity contribution in [3.05, 3.63) is 21.4 Å². The number of thiophene rings is 1. The first kappa shape index (κ1) is 14.0. The smallest absolute Gasteiger partial charge is 0.340 e. The predicted octanol–water partition coefficient (Wildman–Crippen LogP) is 1.16. The quantitative estimate of drug-likeness (QED) is 0.669. The van der Waals surface area contributed by atoms with Crippen molar-refractivity contribution in [3.63, 3.8) is 0 Å². The highest BCUT2D eigenvalue weighted by Gasteiger charge is 2.49. The summed E-state index contributed by atoms with van der Waals surface area (Å²) < 4.78 is 0. The van der Waals surface area contributed by atoms with E-state index in [9.17, 15) is 25.2 Å². The van der Waals surface area contributed by atoms with Gasteiger partial charge in [-0.3, -0.25) is 0 Å². The second-order valence-corrected chi connectivity index (χ2v) is 7.02. The highest BCUT2D eigenvalue weighted by molar-refractivity contribution is 7.12. The van der Waals surface area contributed by atoms with Crippen LogP contribution in [0.15, 0.2) is 6.07 Å². The fraction of sp³-hybridized carbons (Fsp3) is 0.643. The maximum atomic E-state index is 11.3. The van der Waals surface area contributed by atoms with Crippen molar-refractivity contribution < 1.29 is 25.2 Å². The van der Waals surface area contributed by atoms with Crippen molar-refractivity contribution in [2.75, 3.05) is 0 Å². The van der Waals surface area contributed by atoms with E-state index in [0.717, 1.165) is 23.6 Å². The van der Waals surface area contributed by atoms with Crippen LogP contribution in [0.1, 0.15) is 47.1 Å². The normalized spacial score (nSPS) is 33.0. The van der Waals surface area contributed by atoms with E-state index in [1.807, 2.05) is 0 Å². The molecule has 3 atom stereocenters. The number of aryl methyl sites for hydroxylation is 1. The molecule has 20 heavy (non-hydrogen) atoms. The Balaban J connectivity index is 1.93. The second-order valence-electron chi connectivity index (χ2n) is 5.85. The van der Waals surface area contributed by atoms with Crippen LogP contribution in [-0.4, -0.2) is 32.5 Å². The summed E-state index contributed by atoms with van der Waals surface area (Å²) >= 11 is 1.30. The molecule has 2 aliphatic rings. The van der Waals surface area contributed by atoms with E-state index in [1.165, 1.54) is 24.2 Å². The Kier molecular flexibility index (Phi) is 3.36. The fourth-order valence-corrected chi connectivity index (χ4v) is 4.07. The minimum Gasteiger partial charge on any atom is -0.479 e. The molecule has 1 aromatic heterocycles. The summed E-state index contributed by atoms with van der Waals surface area (Å²) in [6, 6.07) is 1.69. The monoisotopic (exact) mass is 298 g/mol. The number of carboxylic acids is 1. The number of hydrogen-bond donors (Lipinski definition) is 4. The number of hydrogen-bond acceptors (Lipinski definition) is 5. The zero-order chi connectivity index (χ0) is 14.5. The molecule has 110 valence electrons. The van der Waals surface area contributed by atoms with Crippen LogP contribution >= 0.6 is 11.3 Å². The summed E-state index contributed by atoms with van der Waals surface area (Å²) in [7, 11) is 0. The zero-order valence-corrected chi connectivity index (χ0v) is 11.8. The summed E-state index contributed by atoms with van der Waals surface area (Å²) in [5.74, 6) is -0.612. The molecule has 3 rings (SSSR count). The summed E-state index contributed by atoms with van der Waals surface area (Å²) in [4.78, 5) is 12.7. The van der Waals surface area contributed by atoms with Gasteiger partial charge in [-0.05, 0) is 24.8 Å². The maximum Gasteiger partial charge on any atom is 0.340 e. The lowest BCUT2D eigenvalue weighted by molar-refractivity contribution is -0.168. The Morgan fingerprint density at radius 3 is 2.70 bits per heavy atom. The van der Waals surface area contributed by atoms with Gasteiger partial charge in [0.2, 0.25) is 0 Å². The van der Waals surface area contributed by atoms with Gasteiger partial charge in [-0.15, -0.1) is 11.3 Å². The molecule has 0 aliphatic heterocycles. The molecule has 1 heterocycles. The zero-order valence-electron chi connectivity index (χ0n) is 11.0. The molecular formula is C14H18O5S. The number of rotatable bonds is 4. The number of carbonyl (C=O) groups is 1. The van der Waals surface area contributed by atoms with Crippen LogP contribution in [0.5, 0.6) is 0 Å². The number of carboxylic acid groups (broad SMARTS) is 1. The van der Waals surface area contributed by atoms with Gasteiger partial charge < -0.3 is 20.4 Å². The molecule has 1 fully saturated rings. The highest BCUT2D eigenvalue weighted by Crippen LogP contribution is 2.45. The highest BCUT2D eigenvalue weighted by atomic mass is 32.1. The Hall–Kier alpha value is -0.950. The minimum atomic E-state index is -2.09. The largest absolute Gasteiger partial charge is 0.479 e. The van der Waals surface area contributed by atoms with Crippen molar-refractivity contribution in [2.24, 2.45) is 5.92 Å². The van der Waals surface area contributed by atoms with Crippen LogP contribution in [0, 0.1) is 5.92 Å². The van der Waals surface area contributed by atoms with Crippen molar-refractivity contribution >= 4 is 17.3 Å². The molecule has 0 bridgehead atoms. The molecule has 1 aromatic rings. The Morgan fingerprint density at radius 1 is 1.40 bits per heavy atom. The Labute approximate surface area is 120 Å². The van der Waals surface area contributed by atoms with Gasteiger partial charge in [0, 0.05) is 21.7 Å². The summed E-state index contributed by atoms with van der Waals surface area (Å²) in [5.41, 5.74) is -1.85. The summed E-state index contributed by atoms with van der Waals surface area (Å²) in [5, 5.41) is 39.4. The molecule has 5 nitrogen and oxygen atoms in total. The van der Waals surface area contributed by atoms with Crippen LogP contribution < -0.4 is 0 Å². The fourth-order valence-electron chi connectivity index (χ4n) is 2.78. The summed E-state index contributed by atoms with van der Waals surface area (Å²) in [6.07, 6.45) is 1.67. The standard InChI is InChI=1S/C14H18O5S/c15-10-6-14(19,13(17)18)9-5-8(4-3-7-1-2-7)20-12(9)11(10)16/h5,7,10-11,15-16,19H,1-4,6H2,(H,17,18)/t10-,11+,14-/m1/s1. The number of fused-ring (bicyclic) bond motifs is 1. The third kappa shape index (κ3) is 2.26. The third-order valence-corrected chi connectivity index (χ3v) is 5.51. The van der Waals surface area contributed by atoms with Crippen LogP contribution in [0.3, 0.4) is 0 Å². The van der Waals surface area contributed by atoms with Gasteiger partial charge in [-0.2, -0.15) is 0 Å². The lowest BCUT2D eigenvalue weighted by atomic mass is 9.80. The molecule has 0 unspecified atom stereocenters. The molecule has 0 amide bonds. The number of aliphatic carboxylic acids is 1. The van der Waals surface area contributed by atoms with Gasteiger partial charge in [0.15, 0.2) is 5.60 Å². The van der Waals surface area contributed by atoms with Crippen LogP contribution in [0.2, 0.25) is 0 Å². The van der Waals surface area contributed by atoms with E-state index in [0.29, 0.717) is 4.88 Å². The van der Waals surface area contributed by atoms with Crippen molar-refractivity contribution in [3.8, 4) is 0 Å². The molecule has 1 saturated carbocycles. The van der Waals surface area contributed by atoms with Gasteiger partial charge in [-0.1, -0.05) is 12.8 Å². The van der Waals surface area contributed by atoms with Crippen molar-refractivity contribution in [2.45, 2.75) is 49.9 Å². The molecule has 4 N–H and O–H groups in total. The van der Waals surface area contributed by atoms with Crippen LogP contribution in [0.25, 0.3) is 0 Å². The SMILES string of the molecule is O=C(O)[C@@]1(O)C[C@@H](O)[C@H](O)c2sc(CCC3CC3)cc21. The number of aliphatic hydroxyl groups excluding tert-OH is 2. The first-order valence-corrected chi connectivity index (χ1v) is 7.68. The minimum absolute atomic E-state index is 0.249. The average molecular weight is 298 g/mol. The van der Waals surface area contributed by atoms with E-state index in [4.69, 9.17) is 0 Å². The van der Waals surface area contributed by atoms with Gasteiger partial charge in [0.05, 0.1) is 6.10 Å². The van der Waals surface area contributed by atoms with E-state index in [2.05, 4.69) is 0 Å². The maximum absolute atomic E-state index is 11.3. The van der Waals surface area contributed by atoms with E-state index in [-0.39, 0.29) is 12.0 Å². The molecule has 0 saturated heterocycles. The molecule has 0 spiro atoms. The van der Waals surface area contributed by atoms with Crippen LogP contribution in [0.4, 0.5) is 0 Å². The van der Waals surface area contributed by atoms with Gasteiger partial charge in [0.25, 0.3) is 0 Å². The topological polar surface area (TPSA) is 98.0 Å². The lowest BCUT2D eigenvalue weighted by Gasteiger charge is -2.34. The molecular weight excluding hydrogens is 280 g/mol. The van der Waals surface area contributed by atoms with Crippen molar-refractivity contribution in [1.29, 1.82) is 0 Å². The number of aliphatic hydroxyl groups is 3. The molecule has 0 radical (unpaired) electrons. The van der Waals surface area contributed by atoms with E-state index < -0.39 is 23.8 Å². The van der Waals surface area contributed by atoms with E-state index >= 15 is 0 Å². The van der Waals surface area contributed by atoms with Crippen LogP contribution in [-0.2, 0) is 16.8 Å². The molecule has 6 heteroatoms. The second kappa shape index (κ2) is 4.80. The Bertz CT molecular complexity index is 536. The van der Waals surface area contributed by atoms with Gasteiger partial charge in [0.1, 0.15) is 6.10 Å². The lowest BCUT2D eigenvalue weighted by Crippen LogP contribution is -2.44. The molecule has 0 aromatic carbocycles. The Morgan fingerprint density at radius 2 is 2.10 bits per heavy atom. The van der Waals surface area contributed by atoms with Crippen molar-refractivity contribution in [1.82, 2.24) is 0 Å². The predicted molar refractivity (Wildman–Crippen MR) is 72.5 cm³/mol. The third-order valence-electron chi connectivity index (χ3n) is 4.24. The molecule has 2 aliphatic carbocycles. The summed E-state index contributed by atoms with van der Waals surface area (Å²) in [6.45, 7) is 0. The van der Waals surface area contributed by atoms with Gasteiger partial charge >= 0.3 is 5.97 Å². The van der Waals surface area contributed by atoms with E-state index in [1.54, 1.807) is 6.07 Å². The average Bonchev–Trinajstić information content (AvgIpc) is 3.11. The first-order chi connectivity index (χ1) is 9.41. The van der Waals surface area contributed by atoms with Gasteiger partial charge in [-0.25, -0.2) is 4.79 Å². The first-order valence-electron chi connectivity index (χ1n) is 6.87.